The number of benzene rings is 1. The van der Waals surface area contributed by atoms with Crippen LogP contribution in [0.25, 0.3) is 0 Å². The van der Waals surface area contributed by atoms with Gasteiger partial charge < -0.3 is 10.1 Å². The van der Waals surface area contributed by atoms with Crippen LogP contribution < -0.4 is 5.32 Å². The summed E-state index contributed by atoms with van der Waals surface area (Å²) in [7, 11) is 0. The average Bonchev–Trinajstić information content (AvgIpc) is 3.04. The Morgan fingerprint density at radius 3 is 2.79 bits per heavy atom. The van der Waals surface area contributed by atoms with Crippen LogP contribution in [-0.2, 0) is 20.7 Å². The Hall–Kier alpha value is -1.56. The third-order valence-electron chi connectivity index (χ3n) is 3.25. The maximum absolute atomic E-state index is 12.1. The van der Waals surface area contributed by atoms with Gasteiger partial charge in [0.2, 0.25) is 0 Å². The molecule has 0 saturated carbocycles. The number of carbonyl (C=O) groups is 2. The van der Waals surface area contributed by atoms with Crippen LogP contribution in [0.2, 0.25) is 10.0 Å². The van der Waals surface area contributed by atoms with Gasteiger partial charge in [-0.3, -0.25) is 9.59 Å². The molecule has 1 aromatic carbocycles. The smallest absolute Gasteiger partial charge is 0.306 e. The van der Waals surface area contributed by atoms with E-state index >= 15 is 0 Å². The number of rotatable bonds is 7. The predicted octanol–water partition coefficient (Wildman–Crippen LogP) is 4.95. The normalized spacial score (nSPS) is 11.8. The molecule has 2 rings (SSSR count). The molecule has 0 spiro atoms. The van der Waals surface area contributed by atoms with Gasteiger partial charge in [0, 0.05) is 16.3 Å². The Morgan fingerprint density at radius 2 is 2.08 bits per heavy atom. The Labute approximate surface area is 154 Å². The van der Waals surface area contributed by atoms with Crippen LogP contribution in [0.3, 0.4) is 0 Å². The lowest BCUT2D eigenvalue weighted by atomic mass is 10.2. The molecule has 0 unspecified atom stereocenters. The SMILES string of the molecule is C[C@H](OC(=O)CCCc1cccs1)C(=O)Nc1cc(Cl)ccc1Cl. The van der Waals surface area contributed by atoms with Crippen molar-refractivity contribution in [2.24, 2.45) is 0 Å². The van der Waals surface area contributed by atoms with E-state index in [9.17, 15) is 9.59 Å². The van der Waals surface area contributed by atoms with E-state index in [2.05, 4.69) is 5.32 Å². The van der Waals surface area contributed by atoms with Crippen LogP contribution in [0.5, 0.6) is 0 Å². The molecule has 1 heterocycles. The van der Waals surface area contributed by atoms with E-state index < -0.39 is 18.0 Å². The van der Waals surface area contributed by atoms with Crippen molar-refractivity contribution in [2.75, 3.05) is 5.32 Å². The molecular formula is C17H17Cl2NO3S. The van der Waals surface area contributed by atoms with E-state index in [-0.39, 0.29) is 6.42 Å². The van der Waals surface area contributed by atoms with Gasteiger partial charge in [-0.15, -0.1) is 11.3 Å². The summed E-state index contributed by atoms with van der Waals surface area (Å²) in [6.45, 7) is 1.52. The van der Waals surface area contributed by atoms with Crippen LogP contribution >= 0.6 is 34.5 Å². The summed E-state index contributed by atoms with van der Waals surface area (Å²) in [5.74, 6) is -0.850. The van der Waals surface area contributed by atoms with Gasteiger partial charge in [0.15, 0.2) is 6.10 Å². The minimum absolute atomic E-state index is 0.271. The largest absolute Gasteiger partial charge is 0.453 e. The molecule has 1 amide bonds. The zero-order chi connectivity index (χ0) is 17.5. The highest BCUT2D eigenvalue weighted by molar-refractivity contribution is 7.09. The van der Waals surface area contributed by atoms with Crippen molar-refractivity contribution in [1.82, 2.24) is 0 Å². The monoisotopic (exact) mass is 385 g/mol. The second-order valence-electron chi connectivity index (χ2n) is 5.18. The number of anilines is 1. The first-order chi connectivity index (χ1) is 11.5. The second kappa shape index (κ2) is 9.06. The molecule has 2 aromatic rings. The molecule has 0 fully saturated rings. The lowest BCUT2D eigenvalue weighted by molar-refractivity contribution is -0.153. The lowest BCUT2D eigenvalue weighted by Gasteiger charge is -2.14. The highest BCUT2D eigenvalue weighted by Crippen LogP contribution is 2.25. The first-order valence-corrected chi connectivity index (χ1v) is 9.07. The van der Waals surface area contributed by atoms with Gasteiger partial charge in [-0.1, -0.05) is 29.3 Å². The van der Waals surface area contributed by atoms with E-state index in [4.69, 9.17) is 27.9 Å². The fourth-order valence-electron chi connectivity index (χ4n) is 2.00. The number of aryl methyl sites for hydroxylation is 1. The van der Waals surface area contributed by atoms with Crippen molar-refractivity contribution in [2.45, 2.75) is 32.3 Å². The molecule has 1 N–H and O–H groups in total. The molecule has 0 aliphatic carbocycles. The summed E-state index contributed by atoms with van der Waals surface area (Å²) in [6.07, 6.45) is 0.876. The highest BCUT2D eigenvalue weighted by atomic mass is 35.5. The van der Waals surface area contributed by atoms with Gasteiger partial charge in [0.25, 0.3) is 5.91 Å². The quantitative estimate of drug-likeness (QED) is 0.686. The Bertz CT molecular complexity index is 704. The van der Waals surface area contributed by atoms with Gasteiger partial charge >= 0.3 is 5.97 Å². The van der Waals surface area contributed by atoms with Crippen LogP contribution in [0.1, 0.15) is 24.6 Å². The molecular weight excluding hydrogens is 369 g/mol. The summed E-state index contributed by atoms with van der Waals surface area (Å²) >= 11 is 13.5. The van der Waals surface area contributed by atoms with E-state index in [0.29, 0.717) is 22.2 Å². The number of amides is 1. The number of esters is 1. The van der Waals surface area contributed by atoms with Gasteiger partial charge in [0.05, 0.1) is 10.7 Å². The molecule has 1 atom stereocenters. The fraction of sp³-hybridized carbons (Fsp3) is 0.294. The highest BCUT2D eigenvalue weighted by Gasteiger charge is 2.18. The first-order valence-electron chi connectivity index (χ1n) is 7.43. The number of thiophene rings is 1. The van der Waals surface area contributed by atoms with Gasteiger partial charge in [-0.2, -0.15) is 0 Å². The minimum atomic E-state index is -0.908. The number of ether oxygens (including phenoxy) is 1. The number of hydrogen-bond acceptors (Lipinski definition) is 4. The van der Waals surface area contributed by atoms with Crippen molar-refractivity contribution in [1.29, 1.82) is 0 Å². The molecule has 0 radical (unpaired) electrons. The summed E-state index contributed by atoms with van der Waals surface area (Å²) < 4.78 is 5.15. The summed E-state index contributed by atoms with van der Waals surface area (Å²) in [4.78, 5) is 25.1. The van der Waals surface area contributed by atoms with Crippen LogP contribution in [0.15, 0.2) is 35.7 Å². The van der Waals surface area contributed by atoms with E-state index in [1.54, 1.807) is 23.5 Å². The lowest BCUT2D eigenvalue weighted by Crippen LogP contribution is -2.30. The Balaban J connectivity index is 1.78. The van der Waals surface area contributed by atoms with Crippen LogP contribution in [-0.4, -0.2) is 18.0 Å². The number of halogens is 2. The number of hydrogen-bond donors (Lipinski definition) is 1. The number of nitrogens with one attached hydrogen (secondary N) is 1. The summed E-state index contributed by atoms with van der Waals surface area (Å²) in [5.41, 5.74) is 0.384. The maximum atomic E-state index is 12.1. The molecule has 24 heavy (non-hydrogen) atoms. The zero-order valence-electron chi connectivity index (χ0n) is 13.1. The predicted molar refractivity (Wildman–Crippen MR) is 97.9 cm³/mol. The Kier molecular flexibility index (Phi) is 7.09. The first kappa shape index (κ1) is 18.8. The van der Waals surface area contributed by atoms with Crippen molar-refractivity contribution < 1.29 is 14.3 Å². The van der Waals surface area contributed by atoms with Gasteiger partial charge in [-0.25, -0.2) is 0 Å². The second-order valence-corrected chi connectivity index (χ2v) is 7.05. The van der Waals surface area contributed by atoms with Gasteiger partial charge in [0.1, 0.15) is 0 Å². The maximum Gasteiger partial charge on any atom is 0.306 e. The number of carbonyl (C=O) groups excluding carboxylic acids is 2. The van der Waals surface area contributed by atoms with Crippen molar-refractivity contribution >= 4 is 52.1 Å². The topological polar surface area (TPSA) is 55.4 Å². The standard InChI is InChI=1S/C17H17Cl2NO3S/c1-11(17(22)20-15-10-12(18)7-8-14(15)19)23-16(21)6-2-4-13-5-3-9-24-13/h3,5,7-11H,2,4,6H2,1H3,(H,20,22)/t11-/m0/s1. The van der Waals surface area contributed by atoms with Crippen LogP contribution in [0, 0.1) is 0 Å². The zero-order valence-corrected chi connectivity index (χ0v) is 15.4. The van der Waals surface area contributed by atoms with E-state index in [1.807, 2.05) is 17.5 Å². The minimum Gasteiger partial charge on any atom is -0.453 e. The molecule has 0 bridgehead atoms. The molecule has 4 nitrogen and oxygen atoms in total. The molecule has 0 aliphatic heterocycles. The van der Waals surface area contributed by atoms with Crippen molar-refractivity contribution in [3.63, 3.8) is 0 Å². The van der Waals surface area contributed by atoms with E-state index in [1.165, 1.54) is 17.9 Å². The van der Waals surface area contributed by atoms with Crippen molar-refractivity contribution in [3.8, 4) is 0 Å². The van der Waals surface area contributed by atoms with Crippen molar-refractivity contribution in [3.05, 3.63) is 50.6 Å². The molecule has 1 aromatic heterocycles. The summed E-state index contributed by atoms with van der Waals surface area (Å²) in [5, 5.41) is 5.42. The summed E-state index contributed by atoms with van der Waals surface area (Å²) in [6, 6.07) is 8.75. The molecule has 0 saturated heterocycles. The average molecular weight is 386 g/mol. The van der Waals surface area contributed by atoms with Crippen LogP contribution in [0.4, 0.5) is 5.69 Å². The molecule has 0 aliphatic rings. The van der Waals surface area contributed by atoms with Gasteiger partial charge in [-0.05, 0) is 49.4 Å². The Morgan fingerprint density at radius 1 is 1.29 bits per heavy atom. The third-order valence-corrected chi connectivity index (χ3v) is 4.75. The van der Waals surface area contributed by atoms with E-state index in [0.717, 1.165) is 6.42 Å². The third kappa shape index (κ3) is 5.82. The molecule has 7 heteroatoms. The molecule has 128 valence electrons. The fourth-order valence-corrected chi connectivity index (χ4v) is 3.09.